The summed E-state index contributed by atoms with van der Waals surface area (Å²) in [7, 11) is 1.59. The van der Waals surface area contributed by atoms with E-state index in [2.05, 4.69) is 10.3 Å². The highest BCUT2D eigenvalue weighted by Gasteiger charge is 2.11. The Kier molecular flexibility index (Phi) is 2.83. The Morgan fingerprint density at radius 3 is 2.90 bits per heavy atom. The highest BCUT2D eigenvalue weighted by atomic mass is 16.4. The molecule has 100 valence electrons. The quantitative estimate of drug-likeness (QED) is 0.769. The van der Waals surface area contributed by atoms with Crippen LogP contribution in [0.25, 0.3) is 11.1 Å². The first kappa shape index (κ1) is 12.2. The van der Waals surface area contributed by atoms with Gasteiger partial charge in [-0.15, -0.1) is 0 Å². The summed E-state index contributed by atoms with van der Waals surface area (Å²) < 4.78 is 6.37. The molecule has 0 fully saturated rings. The average molecular weight is 269 g/mol. The van der Waals surface area contributed by atoms with Gasteiger partial charge in [-0.05, 0) is 30.3 Å². The number of hydrogen-bond donors (Lipinski definition) is 1. The molecule has 0 aliphatic heterocycles. The van der Waals surface area contributed by atoms with E-state index in [0.717, 1.165) is 0 Å². The zero-order valence-electron chi connectivity index (χ0n) is 10.7. The maximum Gasteiger partial charge on any atom is 0.419 e. The Bertz CT molecular complexity index is 834. The van der Waals surface area contributed by atoms with E-state index >= 15 is 0 Å². The smallest absolute Gasteiger partial charge is 0.408 e. The molecule has 6 nitrogen and oxygen atoms in total. The van der Waals surface area contributed by atoms with Crippen LogP contribution < -0.4 is 11.1 Å². The van der Waals surface area contributed by atoms with Gasteiger partial charge < -0.3 is 9.73 Å². The number of rotatable bonds is 2. The molecule has 0 radical (unpaired) electrons. The van der Waals surface area contributed by atoms with Crippen LogP contribution in [0.5, 0.6) is 0 Å². The standard InChI is InChI=1S/C14H11N3O3/c1-17-10-8-9(5-6-11(10)20-14(17)19)13(18)16-12-4-2-3-7-15-12/h2-8H,1H3,(H,15,16,18). The third-order valence-corrected chi connectivity index (χ3v) is 2.96. The molecule has 2 aromatic heterocycles. The number of fused-ring (bicyclic) bond motifs is 1. The Hall–Kier alpha value is -2.89. The van der Waals surface area contributed by atoms with E-state index in [-0.39, 0.29) is 5.91 Å². The topological polar surface area (TPSA) is 77.1 Å². The van der Waals surface area contributed by atoms with Gasteiger partial charge in [-0.1, -0.05) is 6.07 Å². The fourth-order valence-corrected chi connectivity index (χ4v) is 1.89. The van der Waals surface area contributed by atoms with Crippen molar-refractivity contribution >= 4 is 22.8 Å². The van der Waals surface area contributed by atoms with E-state index < -0.39 is 5.76 Å². The van der Waals surface area contributed by atoms with Crippen LogP contribution in [-0.4, -0.2) is 15.5 Å². The minimum absolute atomic E-state index is 0.292. The normalized spacial score (nSPS) is 10.7. The molecule has 0 saturated carbocycles. The number of pyridine rings is 1. The second kappa shape index (κ2) is 4.65. The summed E-state index contributed by atoms with van der Waals surface area (Å²) in [5.41, 5.74) is 1.45. The third-order valence-electron chi connectivity index (χ3n) is 2.96. The van der Waals surface area contributed by atoms with E-state index in [1.54, 1.807) is 49.6 Å². The van der Waals surface area contributed by atoms with Gasteiger partial charge >= 0.3 is 5.76 Å². The van der Waals surface area contributed by atoms with Gasteiger partial charge in [-0.3, -0.25) is 9.36 Å². The summed E-state index contributed by atoms with van der Waals surface area (Å²) in [5.74, 6) is -0.278. The molecular formula is C14H11N3O3. The summed E-state index contributed by atoms with van der Waals surface area (Å²) >= 11 is 0. The van der Waals surface area contributed by atoms with Crippen LogP contribution in [0.15, 0.2) is 51.8 Å². The highest BCUT2D eigenvalue weighted by molar-refractivity contribution is 6.05. The zero-order valence-corrected chi connectivity index (χ0v) is 10.7. The second-order valence-electron chi connectivity index (χ2n) is 4.28. The summed E-state index contributed by atoms with van der Waals surface area (Å²) in [5, 5.41) is 2.68. The molecule has 0 bridgehead atoms. The van der Waals surface area contributed by atoms with Crippen molar-refractivity contribution in [3.63, 3.8) is 0 Å². The number of benzene rings is 1. The Morgan fingerprint density at radius 2 is 2.15 bits per heavy atom. The number of amides is 1. The average Bonchev–Trinajstić information content (AvgIpc) is 2.75. The lowest BCUT2D eigenvalue weighted by molar-refractivity contribution is 0.102. The largest absolute Gasteiger partial charge is 0.419 e. The summed E-state index contributed by atoms with van der Waals surface area (Å²) in [4.78, 5) is 27.5. The maximum absolute atomic E-state index is 12.1. The van der Waals surface area contributed by atoms with Gasteiger partial charge in [0.05, 0.1) is 5.52 Å². The van der Waals surface area contributed by atoms with Gasteiger partial charge in [-0.2, -0.15) is 0 Å². The van der Waals surface area contributed by atoms with Crippen LogP contribution in [-0.2, 0) is 7.05 Å². The number of hydrogen-bond acceptors (Lipinski definition) is 4. The number of aromatic nitrogens is 2. The molecule has 0 spiro atoms. The number of carbonyl (C=O) groups excluding carboxylic acids is 1. The SMILES string of the molecule is Cn1c(=O)oc2ccc(C(=O)Nc3ccccn3)cc21. The van der Waals surface area contributed by atoms with Crippen LogP contribution in [0.4, 0.5) is 5.82 Å². The van der Waals surface area contributed by atoms with Crippen molar-refractivity contribution in [3.8, 4) is 0 Å². The van der Waals surface area contributed by atoms with Crippen molar-refractivity contribution in [2.45, 2.75) is 0 Å². The van der Waals surface area contributed by atoms with Gasteiger partial charge in [0.25, 0.3) is 5.91 Å². The number of aryl methyl sites for hydroxylation is 1. The fourth-order valence-electron chi connectivity index (χ4n) is 1.89. The van der Waals surface area contributed by atoms with E-state index in [1.165, 1.54) is 4.57 Å². The lowest BCUT2D eigenvalue weighted by Gasteiger charge is -2.04. The second-order valence-corrected chi connectivity index (χ2v) is 4.28. The van der Waals surface area contributed by atoms with Gasteiger partial charge in [0.2, 0.25) is 0 Å². The molecular weight excluding hydrogens is 258 g/mol. The molecule has 2 heterocycles. The molecule has 0 saturated heterocycles. The van der Waals surface area contributed by atoms with Gasteiger partial charge in [-0.25, -0.2) is 9.78 Å². The van der Waals surface area contributed by atoms with Gasteiger partial charge in [0, 0.05) is 18.8 Å². The van der Waals surface area contributed by atoms with Crippen LogP contribution in [0.3, 0.4) is 0 Å². The molecule has 6 heteroatoms. The molecule has 20 heavy (non-hydrogen) atoms. The number of nitrogens with one attached hydrogen (secondary N) is 1. The van der Waals surface area contributed by atoms with Crippen molar-refractivity contribution < 1.29 is 9.21 Å². The van der Waals surface area contributed by atoms with E-state index in [0.29, 0.717) is 22.5 Å². The monoisotopic (exact) mass is 269 g/mol. The molecule has 0 aliphatic rings. The third kappa shape index (κ3) is 2.07. The fraction of sp³-hybridized carbons (Fsp3) is 0.0714. The van der Waals surface area contributed by atoms with Crippen molar-refractivity contribution in [2.24, 2.45) is 7.05 Å². The first-order valence-corrected chi connectivity index (χ1v) is 5.97. The van der Waals surface area contributed by atoms with Crippen molar-refractivity contribution in [3.05, 3.63) is 58.7 Å². The number of anilines is 1. The van der Waals surface area contributed by atoms with E-state index in [1.807, 2.05) is 0 Å². The van der Waals surface area contributed by atoms with Crippen LogP contribution in [0.1, 0.15) is 10.4 Å². The van der Waals surface area contributed by atoms with Crippen LogP contribution in [0.2, 0.25) is 0 Å². The minimum Gasteiger partial charge on any atom is -0.408 e. The summed E-state index contributed by atoms with van der Waals surface area (Å²) in [6.45, 7) is 0. The molecule has 3 rings (SSSR count). The molecule has 1 amide bonds. The van der Waals surface area contributed by atoms with Crippen LogP contribution >= 0.6 is 0 Å². The highest BCUT2D eigenvalue weighted by Crippen LogP contribution is 2.15. The molecule has 0 aliphatic carbocycles. The maximum atomic E-state index is 12.1. The Morgan fingerprint density at radius 1 is 1.30 bits per heavy atom. The van der Waals surface area contributed by atoms with Crippen LogP contribution in [0, 0.1) is 0 Å². The predicted octanol–water partition coefficient (Wildman–Crippen LogP) is 1.78. The molecule has 1 N–H and O–H groups in total. The molecule has 3 aromatic rings. The summed E-state index contributed by atoms with van der Waals surface area (Å²) in [6, 6.07) is 10.1. The van der Waals surface area contributed by atoms with E-state index in [4.69, 9.17) is 4.42 Å². The van der Waals surface area contributed by atoms with Gasteiger partial charge in [0.1, 0.15) is 5.82 Å². The van der Waals surface area contributed by atoms with Gasteiger partial charge in [0.15, 0.2) is 5.58 Å². The number of nitrogens with zero attached hydrogens (tertiary/aromatic N) is 2. The van der Waals surface area contributed by atoms with Crippen molar-refractivity contribution in [1.29, 1.82) is 0 Å². The Labute approximate surface area is 113 Å². The number of oxazole rings is 1. The predicted molar refractivity (Wildman–Crippen MR) is 73.6 cm³/mol. The zero-order chi connectivity index (χ0) is 14.1. The molecule has 0 atom stereocenters. The first-order valence-electron chi connectivity index (χ1n) is 5.97. The molecule has 1 aromatic carbocycles. The first-order chi connectivity index (χ1) is 9.65. The van der Waals surface area contributed by atoms with E-state index in [9.17, 15) is 9.59 Å². The summed E-state index contributed by atoms with van der Waals surface area (Å²) in [6.07, 6.45) is 1.60. The number of carbonyl (C=O) groups is 1. The lowest BCUT2D eigenvalue weighted by Crippen LogP contribution is -2.13. The lowest BCUT2D eigenvalue weighted by atomic mass is 10.2. The minimum atomic E-state index is -0.456. The van der Waals surface area contributed by atoms with Crippen molar-refractivity contribution in [2.75, 3.05) is 5.32 Å². The molecule has 0 unspecified atom stereocenters. The Balaban J connectivity index is 1.96. The van der Waals surface area contributed by atoms with Crippen molar-refractivity contribution in [1.82, 2.24) is 9.55 Å².